The monoisotopic (exact) mass is 240 g/mol. The first-order valence-electron chi connectivity index (χ1n) is 5.51. The summed E-state index contributed by atoms with van der Waals surface area (Å²) < 4.78 is 5.59. The van der Waals surface area contributed by atoms with Gasteiger partial charge in [-0.3, -0.25) is 0 Å². The van der Waals surface area contributed by atoms with Crippen LogP contribution >= 0.6 is 0 Å². The first-order chi connectivity index (χ1) is 8.70. The fourth-order valence-electron chi connectivity index (χ4n) is 1.55. The van der Waals surface area contributed by atoms with E-state index in [0.717, 1.165) is 0 Å². The summed E-state index contributed by atoms with van der Waals surface area (Å²) >= 11 is 0. The highest BCUT2D eigenvalue weighted by Crippen LogP contribution is 2.27. The second kappa shape index (κ2) is 5.30. The highest BCUT2D eigenvalue weighted by atomic mass is 16.5. The molecule has 18 heavy (non-hydrogen) atoms. The minimum absolute atomic E-state index is 0.350. The summed E-state index contributed by atoms with van der Waals surface area (Å²) in [4.78, 5) is 4.09. The van der Waals surface area contributed by atoms with Gasteiger partial charge in [-0.2, -0.15) is 5.26 Å². The number of nitrogens with zero attached hydrogens (tertiary/aromatic N) is 2. The third-order valence-corrected chi connectivity index (χ3v) is 2.43. The number of hydrogen-bond acceptors (Lipinski definition) is 4. The number of rotatable bonds is 3. The standard InChI is InChI=1S/C14H12N2O2/c1-10(17)13-6-3-7-16-14(13)18-12-5-2-4-11(8-12)9-15/h2-8,10,17H,1H3/t10-/m0/s1. The lowest BCUT2D eigenvalue weighted by Crippen LogP contribution is -1.98. The summed E-state index contributed by atoms with van der Waals surface area (Å²) in [7, 11) is 0. The molecule has 1 heterocycles. The highest BCUT2D eigenvalue weighted by Gasteiger charge is 2.10. The van der Waals surface area contributed by atoms with Crippen LogP contribution in [0, 0.1) is 11.3 Å². The van der Waals surface area contributed by atoms with Gasteiger partial charge in [0.05, 0.1) is 17.7 Å². The average molecular weight is 240 g/mol. The molecule has 0 saturated heterocycles. The van der Waals surface area contributed by atoms with E-state index < -0.39 is 6.10 Å². The molecule has 0 bridgehead atoms. The van der Waals surface area contributed by atoms with Crippen LogP contribution in [0.5, 0.6) is 11.6 Å². The van der Waals surface area contributed by atoms with Crippen molar-refractivity contribution in [3.8, 4) is 17.7 Å². The topological polar surface area (TPSA) is 66.1 Å². The summed E-state index contributed by atoms with van der Waals surface area (Å²) in [5, 5.41) is 18.4. The Labute approximate surface area is 105 Å². The smallest absolute Gasteiger partial charge is 0.225 e. The molecule has 0 aliphatic carbocycles. The van der Waals surface area contributed by atoms with E-state index in [1.54, 1.807) is 49.5 Å². The lowest BCUT2D eigenvalue weighted by molar-refractivity contribution is 0.194. The van der Waals surface area contributed by atoms with Crippen LogP contribution in [0.4, 0.5) is 0 Å². The molecule has 4 heteroatoms. The Bertz CT molecular complexity index is 588. The summed E-state index contributed by atoms with van der Waals surface area (Å²) in [6.45, 7) is 1.65. The van der Waals surface area contributed by atoms with E-state index in [2.05, 4.69) is 4.98 Å². The second-order valence-electron chi connectivity index (χ2n) is 3.82. The molecule has 0 aliphatic heterocycles. The average Bonchev–Trinajstić information content (AvgIpc) is 2.39. The SMILES string of the molecule is C[C@H](O)c1cccnc1Oc1cccc(C#N)c1. The zero-order valence-corrected chi connectivity index (χ0v) is 9.87. The zero-order valence-electron chi connectivity index (χ0n) is 9.87. The van der Waals surface area contributed by atoms with Crippen LogP contribution in [0.2, 0.25) is 0 Å². The predicted octanol–water partition coefficient (Wildman–Crippen LogP) is 2.80. The van der Waals surface area contributed by atoms with Crippen molar-refractivity contribution in [2.24, 2.45) is 0 Å². The Kier molecular flexibility index (Phi) is 3.56. The van der Waals surface area contributed by atoms with Crippen molar-refractivity contribution in [3.05, 3.63) is 53.7 Å². The van der Waals surface area contributed by atoms with Gasteiger partial charge >= 0.3 is 0 Å². The minimum atomic E-state index is -0.659. The fraction of sp³-hybridized carbons (Fsp3) is 0.143. The third kappa shape index (κ3) is 2.65. The molecule has 2 rings (SSSR count). The number of benzene rings is 1. The van der Waals surface area contributed by atoms with Gasteiger partial charge in [0.1, 0.15) is 5.75 Å². The van der Waals surface area contributed by atoms with Gasteiger partial charge in [-0.05, 0) is 37.3 Å². The van der Waals surface area contributed by atoms with Gasteiger partial charge < -0.3 is 9.84 Å². The van der Waals surface area contributed by atoms with Crippen LogP contribution in [-0.4, -0.2) is 10.1 Å². The minimum Gasteiger partial charge on any atom is -0.439 e. The Morgan fingerprint density at radius 3 is 2.89 bits per heavy atom. The maximum atomic E-state index is 9.61. The molecule has 2 aromatic rings. The molecule has 1 N–H and O–H groups in total. The lowest BCUT2D eigenvalue weighted by Gasteiger charge is -2.11. The number of ether oxygens (including phenoxy) is 1. The Balaban J connectivity index is 2.31. The van der Waals surface area contributed by atoms with Crippen molar-refractivity contribution in [2.75, 3.05) is 0 Å². The number of nitriles is 1. The third-order valence-electron chi connectivity index (χ3n) is 2.43. The van der Waals surface area contributed by atoms with Crippen LogP contribution in [0.25, 0.3) is 0 Å². The van der Waals surface area contributed by atoms with Crippen LogP contribution in [0.15, 0.2) is 42.6 Å². The molecule has 4 nitrogen and oxygen atoms in total. The predicted molar refractivity (Wildman–Crippen MR) is 66.1 cm³/mol. The molecule has 0 unspecified atom stereocenters. The van der Waals surface area contributed by atoms with Gasteiger partial charge in [0.15, 0.2) is 0 Å². The first-order valence-corrected chi connectivity index (χ1v) is 5.51. The molecule has 0 saturated carbocycles. The van der Waals surface area contributed by atoms with Crippen LogP contribution < -0.4 is 4.74 Å². The molecule has 1 aromatic heterocycles. The number of pyridine rings is 1. The van der Waals surface area contributed by atoms with E-state index in [-0.39, 0.29) is 0 Å². The van der Waals surface area contributed by atoms with Gasteiger partial charge in [-0.1, -0.05) is 6.07 Å². The van der Waals surface area contributed by atoms with E-state index in [1.807, 2.05) is 6.07 Å². The van der Waals surface area contributed by atoms with Crippen molar-refractivity contribution in [1.82, 2.24) is 4.98 Å². The van der Waals surface area contributed by atoms with Gasteiger partial charge in [-0.25, -0.2) is 4.98 Å². The summed E-state index contributed by atoms with van der Waals surface area (Å²) in [6, 6.07) is 12.3. The molecule has 0 fully saturated rings. The van der Waals surface area contributed by atoms with Crippen LogP contribution in [-0.2, 0) is 0 Å². The molecule has 0 radical (unpaired) electrons. The van der Waals surface area contributed by atoms with E-state index >= 15 is 0 Å². The molecule has 0 aliphatic rings. The maximum Gasteiger partial charge on any atom is 0.225 e. The van der Waals surface area contributed by atoms with E-state index in [1.165, 1.54) is 0 Å². The Morgan fingerprint density at radius 2 is 2.17 bits per heavy atom. The summed E-state index contributed by atoms with van der Waals surface area (Å²) in [6.07, 6.45) is 0.933. The maximum absolute atomic E-state index is 9.61. The molecular weight excluding hydrogens is 228 g/mol. The quantitative estimate of drug-likeness (QED) is 0.895. The fourth-order valence-corrected chi connectivity index (χ4v) is 1.55. The van der Waals surface area contributed by atoms with Crippen molar-refractivity contribution in [1.29, 1.82) is 5.26 Å². The Morgan fingerprint density at radius 1 is 1.33 bits per heavy atom. The van der Waals surface area contributed by atoms with E-state index in [4.69, 9.17) is 10.00 Å². The molecular formula is C14H12N2O2. The zero-order chi connectivity index (χ0) is 13.0. The van der Waals surface area contributed by atoms with Crippen LogP contribution in [0.1, 0.15) is 24.2 Å². The largest absolute Gasteiger partial charge is 0.439 e. The lowest BCUT2D eigenvalue weighted by atomic mass is 10.2. The molecule has 1 atom stereocenters. The van der Waals surface area contributed by atoms with Crippen molar-refractivity contribution >= 4 is 0 Å². The van der Waals surface area contributed by atoms with Gasteiger partial charge in [0, 0.05) is 11.8 Å². The van der Waals surface area contributed by atoms with E-state index in [9.17, 15) is 5.11 Å². The second-order valence-corrected chi connectivity index (χ2v) is 3.82. The summed E-state index contributed by atoms with van der Waals surface area (Å²) in [5.41, 5.74) is 1.13. The van der Waals surface area contributed by atoms with E-state index in [0.29, 0.717) is 22.8 Å². The Hall–Kier alpha value is -2.38. The van der Waals surface area contributed by atoms with Gasteiger partial charge in [-0.15, -0.1) is 0 Å². The highest BCUT2D eigenvalue weighted by molar-refractivity contribution is 5.39. The molecule has 90 valence electrons. The normalized spacial score (nSPS) is 11.6. The molecule has 1 aromatic carbocycles. The van der Waals surface area contributed by atoms with Crippen molar-refractivity contribution in [3.63, 3.8) is 0 Å². The van der Waals surface area contributed by atoms with Crippen LogP contribution in [0.3, 0.4) is 0 Å². The van der Waals surface area contributed by atoms with Gasteiger partial charge in [0.2, 0.25) is 5.88 Å². The summed E-state index contributed by atoms with van der Waals surface area (Å²) in [5.74, 6) is 0.872. The van der Waals surface area contributed by atoms with Gasteiger partial charge in [0.25, 0.3) is 0 Å². The number of aliphatic hydroxyl groups excluding tert-OH is 1. The molecule has 0 spiro atoms. The number of aromatic nitrogens is 1. The van der Waals surface area contributed by atoms with Crippen molar-refractivity contribution in [2.45, 2.75) is 13.0 Å². The number of hydrogen-bond donors (Lipinski definition) is 1. The number of aliphatic hydroxyl groups is 1. The first kappa shape index (κ1) is 12.1. The molecule has 0 amide bonds. The van der Waals surface area contributed by atoms with Crippen molar-refractivity contribution < 1.29 is 9.84 Å².